The van der Waals surface area contributed by atoms with E-state index in [9.17, 15) is 0 Å². The summed E-state index contributed by atoms with van der Waals surface area (Å²) in [5, 5.41) is 8.14. The zero-order chi connectivity index (χ0) is 11.5. The van der Waals surface area contributed by atoms with E-state index in [1.165, 1.54) is 11.8 Å². The summed E-state index contributed by atoms with van der Waals surface area (Å²) >= 11 is 7.62. The Morgan fingerprint density at radius 3 is 2.81 bits per heavy atom. The van der Waals surface area contributed by atoms with Crippen molar-refractivity contribution in [3.05, 3.63) is 34.9 Å². The molecule has 4 nitrogen and oxygen atoms in total. The Bertz CT molecular complexity index is 485. The molecule has 0 aliphatic heterocycles. The fourth-order valence-corrected chi connectivity index (χ4v) is 2.60. The number of thioether (sulfide) groups is 1. The highest BCUT2D eigenvalue weighted by Crippen LogP contribution is 2.36. The third-order valence-corrected chi connectivity index (χ3v) is 3.45. The molecule has 0 saturated heterocycles. The Balaban J connectivity index is 2.14. The first-order valence-corrected chi connectivity index (χ1v) is 6.01. The van der Waals surface area contributed by atoms with Crippen molar-refractivity contribution in [3.8, 4) is 0 Å². The number of anilines is 1. The van der Waals surface area contributed by atoms with Gasteiger partial charge in [-0.2, -0.15) is 4.98 Å². The molecule has 3 N–H and O–H groups in total. The van der Waals surface area contributed by atoms with Gasteiger partial charge in [0.05, 0.1) is 0 Å². The van der Waals surface area contributed by atoms with Gasteiger partial charge in [0.2, 0.25) is 11.1 Å². The number of H-pyrrole nitrogens is 1. The van der Waals surface area contributed by atoms with Crippen LogP contribution in [0.15, 0.2) is 29.4 Å². The molecule has 0 spiro atoms. The zero-order valence-corrected chi connectivity index (χ0v) is 10.2. The first kappa shape index (κ1) is 11.3. The zero-order valence-electron chi connectivity index (χ0n) is 8.64. The lowest BCUT2D eigenvalue weighted by molar-refractivity contribution is 0.960. The van der Waals surface area contributed by atoms with Crippen LogP contribution in [0.4, 0.5) is 5.95 Å². The monoisotopic (exact) mass is 254 g/mol. The molecule has 6 heteroatoms. The van der Waals surface area contributed by atoms with Crippen LogP contribution in [0.1, 0.15) is 17.7 Å². The smallest absolute Gasteiger partial charge is 0.216 e. The number of halogens is 1. The SMILES string of the molecule is C[C@@H](Sc1n[nH]c(N)n1)c1ccccc1Cl. The molecule has 1 atom stereocenters. The Morgan fingerprint density at radius 1 is 1.44 bits per heavy atom. The second-order valence-electron chi connectivity index (χ2n) is 3.28. The van der Waals surface area contributed by atoms with E-state index < -0.39 is 0 Å². The van der Waals surface area contributed by atoms with Gasteiger partial charge in [-0.15, -0.1) is 5.10 Å². The summed E-state index contributed by atoms with van der Waals surface area (Å²) in [5.74, 6) is 0.328. The molecule has 1 aromatic heterocycles. The first-order valence-electron chi connectivity index (χ1n) is 4.76. The molecule has 2 aromatic rings. The van der Waals surface area contributed by atoms with Crippen LogP contribution in [0.25, 0.3) is 0 Å². The quantitative estimate of drug-likeness (QED) is 0.827. The second-order valence-corrected chi connectivity index (χ2v) is 5.00. The summed E-state index contributed by atoms with van der Waals surface area (Å²) in [6, 6.07) is 7.74. The van der Waals surface area contributed by atoms with Crippen LogP contribution >= 0.6 is 23.4 Å². The summed E-state index contributed by atoms with van der Waals surface area (Å²) in [7, 11) is 0. The molecule has 0 bridgehead atoms. The molecule has 16 heavy (non-hydrogen) atoms. The molecule has 0 amide bonds. The van der Waals surface area contributed by atoms with E-state index in [0.717, 1.165) is 10.6 Å². The van der Waals surface area contributed by atoms with Gasteiger partial charge in [-0.3, -0.25) is 0 Å². The highest BCUT2D eigenvalue weighted by atomic mass is 35.5. The Kier molecular flexibility index (Phi) is 3.36. The lowest BCUT2D eigenvalue weighted by Crippen LogP contribution is -1.90. The van der Waals surface area contributed by atoms with Gasteiger partial charge in [-0.25, -0.2) is 5.10 Å². The number of hydrogen-bond acceptors (Lipinski definition) is 4. The third kappa shape index (κ3) is 2.48. The third-order valence-electron chi connectivity index (χ3n) is 2.11. The maximum atomic E-state index is 6.10. The highest BCUT2D eigenvalue weighted by Gasteiger charge is 2.13. The predicted molar refractivity (Wildman–Crippen MR) is 66.5 cm³/mol. The summed E-state index contributed by atoms with van der Waals surface area (Å²) in [4.78, 5) is 4.04. The van der Waals surface area contributed by atoms with Crippen LogP contribution in [-0.4, -0.2) is 15.2 Å². The van der Waals surface area contributed by atoms with Gasteiger partial charge in [0.25, 0.3) is 0 Å². The minimum atomic E-state index is 0.184. The maximum absolute atomic E-state index is 6.10. The van der Waals surface area contributed by atoms with Crippen LogP contribution < -0.4 is 5.73 Å². The van der Waals surface area contributed by atoms with Crippen molar-refractivity contribution >= 4 is 29.3 Å². The molecule has 0 aliphatic rings. The number of hydrogen-bond donors (Lipinski definition) is 2. The van der Waals surface area contributed by atoms with Crippen molar-refractivity contribution in [1.82, 2.24) is 15.2 Å². The fourth-order valence-electron chi connectivity index (χ4n) is 1.34. The number of benzene rings is 1. The number of nitrogens with one attached hydrogen (secondary N) is 1. The molecule has 1 heterocycles. The van der Waals surface area contributed by atoms with Crippen molar-refractivity contribution in [2.24, 2.45) is 0 Å². The molecule has 0 radical (unpaired) electrons. The molecule has 2 rings (SSSR count). The number of aromatic nitrogens is 3. The maximum Gasteiger partial charge on any atom is 0.216 e. The average Bonchev–Trinajstić information content (AvgIpc) is 2.64. The fraction of sp³-hybridized carbons (Fsp3) is 0.200. The van der Waals surface area contributed by atoms with Crippen LogP contribution in [-0.2, 0) is 0 Å². The number of rotatable bonds is 3. The standard InChI is InChI=1S/C10H11ClN4S/c1-6(7-4-2-3-5-8(7)11)16-10-13-9(12)14-15-10/h2-6H,1H3,(H3,12,13,14,15)/t6-/m1/s1. The van der Waals surface area contributed by atoms with Gasteiger partial charge in [-0.05, 0) is 18.6 Å². The van der Waals surface area contributed by atoms with Gasteiger partial charge in [-0.1, -0.05) is 41.6 Å². The van der Waals surface area contributed by atoms with E-state index in [0.29, 0.717) is 11.1 Å². The first-order chi connectivity index (χ1) is 7.66. The molecular formula is C10H11ClN4S. The van der Waals surface area contributed by atoms with Gasteiger partial charge >= 0.3 is 0 Å². The number of nitrogens with zero attached hydrogens (tertiary/aromatic N) is 2. The van der Waals surface area contributed by atoms with E-state index in [1.807, 2.05) is 24.3 Å². The van der Waals surface area contributed by atoms with Crippen molar-refractivity contribution in [2.45, 2.75) is 17.3 Å². The molecular weight excluding hydrogens is 244 g/mol. The minimum Gasteiger partial charge on any atom is -0.368 e. The highest BCUT2D eigenvalue weighted by molar-refractivity contribution is 7.99. The minimum absolute atomic E-state index is 0.184. The Hall–Kier alpha value is -1.20. The molecule has 0 fully saturated rings. The van der Waals surface area contributed by atoms with Crippen molar-refractivity contribution < 1.29 is 0 Å². The summed E-state index contributed by atoms with van der Waals surface area (Å²) in [5.41, 5.74) is 6.52. The lowest BCUT2D eigenvalue weighted by atomic mass is 10.2. The van der Waals surface area contributed by atoms with Crippen LogP contribution in [0.3, 0.4) is 0 Å². The van der Waals surface area contributed by atoms with Gasteiger partial charge < -0.3 is 5.73 Å². The summed E-state index contributed by atoms with van der Waals surface area (Å²) in [6.45, 7) is 2.05. The van der Waals surface area contributed by atoms with Gasteiger partial charge in [0.15, 0.2) is 0 Å². The molecule has 84 valence electrons. The van der Waals surface area contributed by atoms with E-state index in [1.54, 1.807) is 0 Å². The number of aromatic amines is 1. The number of nitrogen functional groups attached to an aromatic ring is 1. The topological polar surface area (TPSA) is 67.6 Å². The largest absolute Gasteiger partial charge is 0.368 e. The van der Waals surface area contributed by atoms with Crippen molar-refractivity contribution in [1.29, 1.82) is 0 Å². The summed E-state index contributed by atoms with van der Waals surface area (Å²) < 4.78 is 0. The second kappa shape index (κ2) is 4.76. The van der Waals surface area contributed by atoms with E-state index >= 15 is 0 Å². The number of nitrogens with two attached hydrogens (primary N) is 1. The van der Waals surface area contributed by atoms with Crippen molar-refractivity contribution in [3.63, 3.8) is 0 Å². The van der Waals surface area contributed by atoms with Crippen LogP contribution in [0.5, 0.6) is 0 Å². The normalized spacial score (nSPS) is 12.6. The van der Waals surface area contributed by atoms with Gasteiger partial charge in [0.1, 0.15) is 0 Å². The van der Waals surface area contributed by atoms with Gasteiger partial charge in [0, 0.05) is 10.3 Å². The average molecular weight is 255 g/mol. The predicted octanol–water partition coefficient (Wildman–Crippen LogP) is 2.89. The molecule has 0 unspecified atom stereocenters. The summed E-state index contributed by atoms with van der Waals surface area (Å²) in [6.07, 6.45) is 0. The van der Waals surface area contributed by atoms with Crippen LogP contribution in [0, 0.1) is 0 Å². The van der Waals surface area contributed by atoms with E-state index in [4.69, 9.17) is 17.3 Å². The Morgan fingerprint density at radius 2 is 2.19 bits per heavy atom. The Labute approximate surface area is 103 Å². The van der Waals surface area contributed by atoms with Crippen LogP contribution in [0.2, 0.25) is 5.02 Å². The molecule has 1 aromatic carbocycles. The van der Waals surface area contributed by atoms with Crippen molar-refractivity contribution in [2.75, 3.05) is 5.73 Å². The van der Waals surface area contributed by atoms with E-state index in [2.05, 4.69) is 22.1 Å². The molecule has 0 saturated carbocycles. The molecule has 0 aliphatic carbocycles. The lowest BCUT2D eigenvalue weighted by Gasteiger charge is -2.10. The van der Waals surface area contributed by atoms with E-state index in [-0.39, 0.29) is 5.25 Å².